The number of hydrogen-bond donors (Lipinski definition) is 2. The Hall–Kier alpha value is -2.96. The molecule has 0 radical (unpaired) electrons. The van der Waals surface area contributed by atoms with E-state index in [1.54, 1.807) is 48.8 Å². The molecule has 0 aliphatic rings. The number of rotatable bonds is 6. The van der Waals surface area contributed by atoms with Crippen molar-refractivity contribution >= 4 is 34.6 Å². The second kappa shape index (κ2) is 10.2. The van der Waals surface area contributed by atoms with Crippen LogP contribution in [0.25, 0.3) is 0 Å². The summed E-state index contributed by atoms with van der Waals surface area (Å²) in [5.74, 6) is 1.03. The van der Waals surface area contributed by atoms with Crippen molar-refractivity contribution < 1.29 is 18.7 Å². The SMILES string of the molecule is Cc1ccc(NC(C(=O)O)c2ccc(C)o2)c(Cl)c1.c1coc(Cc2cccs2)c1. The van der Waals surface area contributed by atoms with E-state index in [4.69, 9.17) is 20.4 Å². The highest BCUT2D eigenvalue weighted by Crippen LogP contribution is 2.28. The van der Waals surface area contributed by atoms with Gasteiger partial charge in [-0.2, -0.15) is 0 Å². The monoisotopic (exact) mass is 443 g/mol. The van der Waals surface area contributed by atoms with Crippen LogP contribution in [0.2, 0.25) is 5.02 Å². The molecule has 0 aliphatic carbocycles. The van der Waals surface area contributed by atoms with Gasteiger partial charge in [-0.05, 0) is 67.3 Å². The van der Waals surface area contributed by atoms with E-state index in [1.807, 2.05) is 25.1 Å². The Bertz CT molecular complexity index is 1040. The Labute approximate surface area is 183 Å². The third kappa shape index (κ3) is 6.02. The highest BCUT2D eigenvalue weighted by atomic mass is 35.5. The molecule has 1 atom stereocenters. The van der Waals surface area contributed by atoms with Gasteiger partial charge in [0.1, 0.15) is 17.3 Å². The average molecular weight is 444 g/mol. The number of furan rings is 2. The molecule has 3 aromatic heterocycles. The second-order valence-electron chi connectivity index (χ2n) is 6.68. The molecule has 0 aliphatic heterocycles. The molecule has 30 heavy (non-hydrogen) atoms. The predicted molar refractivity (Wildman–Crippen MR) is 119 cm³/mol. The van der Waals surface area contributed by atoms with E-state index in [2.05, 4.69) is 22.8 Å². The van der Waals surface area contributed by atoms with Gasteiger partial charge in [0, 0.05) is 11.3 Å². The van der Waals surface area contributed by atoms with Crippen molar-refractivity contribution in [1.29, 1.82) is 0 Å². The Morgan fingerprint density at radius 2 is 2.00 bits per heavy atom. The molecule has 0 saturated carbocycles. The summed E-state index contributed by atoms with van der Waals surface area (Å²) in [5.41, 5.74) is 1.57. The molecule has 1 unspecified atom stereocenters. The van der Waals surface area contributed by atoms with Crippen molar-refractivity contribution in [1.82, 2.24) is 0 Å². The van der Waals surface area contributed by atoms with Crippen LogP contribution in [0.3, 0.4) is 0 Å². The fourth-order valence-corrected chi connectivity index (χ4v) is 3.76. The molecular weight excluding hydrogens is 422 g/mol. The van der Waals surface area contributed by atoms with Crippen molar-refractivity contribution in [2.45, 2.75) is 26.3 Å². The number of aryl methyl sites for hydroxylation is 2. The van der Waals surface area contributed by atoms with Gasteiger partial charge in [-0.25, -0.2) is 4.79 Å². The van der Waals surface area contributed by atoms with Crippen molar-refractivity contribution in [3.05, 3.63) is 99.0 Å². The lowest BCUT2D eigenvalue weighted by Gasteiger charge is -2.15. The molecule has 0 spiro atoms. The predicted octanol–water partition coefficient (Wildman–Crippen LogP) is 6.72. The van der Waals surface area contributed by atoms with Gasteiger partial charge < -0.3 is 19.3 Å². The van der Waals surface area contributed by atoms with Crippen molar-refractivity contribution in [2.24, 2.45) is 0 Å². The summed E-state index contributed by atoms with van der Waals surface area (Å²) in [5, 5.41) is 14.7. The zero-order chi connectivity index (χ0) is 21.5. The molecule has 4 aromatic rings. The summed E-state index contributed by atoms with van der Waals surface area (Å²) in [6.45, 7) is 3.68. The van der Waals surface area contributed by atoms with Gasteiger partial charge in [0.15, 0.2) is 6.04 Å². The molecule has 5 nitrogen and oxygen atoms in total. The number of hydrogen-bond acceptors (Lipinski definition) is 5. The Morgan fingerprint density at radius 1 is 1.17 bits per heavy atom. The Morgan fingerprint density at radius 3 is 2.57 bits per heavy atom. The quantitative estimate of drug-likeness (QED) is 0.346. The maximum absolute atomic E-state index is 11.3. The molecule has 2 N–H and O–H groups in total. The topological polar surface area (TPSA) is 75.6 Å². The first-order chi connectivity index (χ1) is 14.4. The van der Waals surface area contributed by atoms with Crippen LogP contribution < -0.4 is 5.32 Å². The second-order valence-corrected chi connectivity index (χ2v) is 8.12. The number of carboxylic acids is 1. The third-order valence-corrected chi connectivity index (χ3v) is 5.41. The molecule has 4 rings (SSSR count). The van der Waals surface area contributed by atoms with Crippen LogP contribution in [-0.2, 0) is 11.2 Å². The van der Waals surface area contributed by atoms with Crippen LogP contribution in [0.1, 0.15) is 33.8 Å². The summed E-state index contributed by atoms with van der Waals surface area (Å²) in [6.07, 6.45) is 2.63. The van der Waals surface area contributed by atoms with Gasteiger partial charge in [-0.1, -0.05) is 23.7 Å². The highest BCUT2D eigenvalue weighted by molar-refractivity contribution is 7.09. The summed E-state index contributed by atoms with van der Waals surface area (Å²) < 4.78 is 10.6. The summed E-state index contributed by atoms with van der Waals surface area (Å²) in [4.78, 5) is 12.7. The Kier molecular flexibility index (Phi) is 7.38. The lowest BCUT2D eigenvalue weighted by Crippen LogP contribution is -2.20. The molecule has 7 heteroatoms. The third-order valence-electron chi connectivity index (χ3n) is 4.23. The first-order valence-corrected chi connectivity index (χ1v) is 10.5. The normalized spacial score (nSPS) is 11.4. The van der Waals surface area contributed by atoms with E-state index in [0.717, 1.165) is 17.7 Å². The molecule has 0 bridgehead atoms. The van der Waals surface area contributed by atoms with Crippen LogP contribution in [0.15, 0.2) is 75.1 Å². The number of anilines is 1. The molecule has 156 valence electrons. The minimum absolute atomic E-state index is 0.349. The summed E-state index contributed by atoms with van der Waals surface area (Å²) in [7, 11) is 0. The van der Waals surface area contributed by atoms with Gasteiger partial charge in [-0.3, -0.25) is 0 Å². The number of benzene rings is 1. The molecule has 0 fully saturated rings. The van der Waals surface area contributed by atoms with Crippen molar-refractivity contribution in [2.75, 3.05) is 5.32 Å². The fraction of sp³-hybridized carbons (Fsp3) is 0.174. The largest absolute Gasteiger partial charge is 0.479 e. The van der Waals surface area contributed by atoms with Gasteiger partial charge >= 0.3 is 5.97 Å². The fourth-order valence-electron chi connectivity index (χ4n) is 2.75. The zero-order valence-electron chi connectivity index (χ0n) is 16.6. The zero-order valence-corrected chi connectivity index (χ0v) is 18.2. The van der Waals surface area contributed by atoms with Gasteiger partial charge in [0.05, 0.1) is 17.0 Å². The minimum Gasteiger partial charge on any atom is -0.479 e. The maximum Gasteiger partial charge on any atom is 0.334 e. The van der Waals surface area contributed by atoms with Gasteiger partial charge in [0.2, 0.25) is 0 Å². The first-order valence-electron chi connectivity index (χ1n) is 9.29. The standard InChI is InChI=1S/C14H14ClNO3.C9H8OS/c1-8-3-5-11(10(15)7-8)16-13(14(17)18)12-6-4-9(2)19-12;1-3-8(10-5-1)7-9-4-2-6-11-9/h3-7,13,16H,1-2H3,(H,17,18);1-6H,7H2. The van der Waals surface area contributed by atoms with Crippen LogP contribution in [0.4, 0.5) is 5.69 Å². The van der Waals surface area contributed by atoms with Crippen molar-refractivity contribution in [3.63, 3.8) is 0 Å². The summed E-state index contributed by atoms with van der Waals surface area (Å²) >= 11 is 7.85. The lowest BCUT2D eigenvalue weighted by atomic mass is 10.2. The van der Waals surface area contributed by atoms with E-state index in [9.17, 15) is 9.90 Å². The molecule has 0 amide bonds. The lowest BCUT2D eigenvalue weighted by molar-refractivity contribution is -0.138. The molecular formula is C23H22ClNO4S. The van der Waals surface area contributed by atoms with Gasteiger partial charge in [0.25, 0.3) is 0 Å². The highest BCUT2D eigenvalue weighted by Gasteiger charge is 2.23. The van der Waals surface area contributed by atoms with Gasteiger partial charge in [-0.15, -0.1) is 11.3 Å². The maximum atomic E-state index is 11.3. The number of carbonyl (C=O) groups is 1. The van der Waals surface area contributed by atoms with Crippen LogP contribution in [0, 0.1) is 13.8 Å². The first kappa shape index (κ1) is 21.7. The summed E-state index contributed by atoms with van der Waals surface area (Å²) in [6, 6.07) is 15.9. The van der Waals surface area contributed by atoms with Crippen LogP contribution in [0.5, 0.6) is 0 Å². The molecule has 3 heterocycles. The Balaban J connectivity index is 0.000000196. The molecule has 0 saturated heterocycles. The smallest absolute Gasteiger partial charge is 0.334 e. The van der Waals surface area contributed by atoms with E-state index >= 15 is 0 Å². The average Bonchev–Trinajstić information content (AvgIpc) is 3.46. The number of thiophene rings is 1. The number of carboxylic acid groups (broad SMARTS) is 1. The van der Waals surface area contributed by atoms with Crippen molar-refractivity contribution in [3.8, 4) is 0 Å². The van der Waals surface area contributed by atoms with E-state index in [0.29, 0.717) is 22.2 Å². The number of nitrogens with one attached hydrogen (secondary N) is 1. The van der Waals surface area contributed by atoms with Crippen LogP contribution in [-0.4, -0.2) is 11.1 Å². The number of aliphatic carboxylic acids is 1. The van der Waals surface area contributed by atoms with E-state index in [1.165, 1.54) is 4.88 Å². The van der Waals surface area contributed by atoms with E-state index < -0.39 is 12.0 Å². The molecule has 1 aromatic carbocycles. The van der Waals surface area contributed by atoms with Crippen LogP contribution >= 0.6 is 22.9 Å². The number of halogens is 1. The minimum atomic E-state index is -1.02. The van der Waals surface area contributed by atoms with E-state index in [-0.39, 0.29) is 0 Å².